The van der Waals surface area contributed by atoms with Crippen LogP contribution in [0.1, 0.15) is 23.2 Å². The minimum absolute atomic E-state index is 0.553. The fraction of sp³-hybridized carbons (Fsp3) is 0.286. The molecule has 0 spiro atoms. The van der Waals surface area contributed by atoms with Gasteiger partial charge in [0, 0.05) is 23.5 Å². The molecule has 0 atom stereocenters. The fourth-order valence-electron chi connectivity index (χ4n) is 2.38. The van der Waals surface area contributed by atoms with Gasteiger partial charge in [-0.1, -0.05) is 12.1 Å². The zero-order valence-electron chi connectivity index (χ0n) is 10.2. The van der Waals surface area contributed by atoms with Crippen LogP contribution in [0.3, 0.4) is 0 Å². The predicted molar refractivity (Wildman–Crippen MR) is 71.7 cm³/mol. The smallest absolute Gasteiger partial charge is 0.137 e. The Kier molecular flexibility index (Phi) is 2.94. The van der Waals surface area contributed by atoms with Gasteiger partial charge in [0.1, 0.15) is 12.1 Å². The third kappa shape index (κ3) is 2.07. The van der Waals surface area contributed by atoms with Crippen LogP contribution in [0, 0.1) is 0 Å². The molecule has 1 aliphatic rings. The summed E-state index contributed by atoms with van der Waals surface area (Å²) >= 11 is 0. The standard InChI is InChI=1S/C14H16N4/c15-8-10-3-1-4-11(7-10)18-14-12-5-2-6-13(12)16-9-17-14/h1,3-4,7,9H,2,5-6,8,15H2,(H,16,17,18). The molecule has 0 amide bonds. The van der Waals surface area contributed by atoms with E-state index in [-0.39, 0.29) is 0 Å². The molecular formula is C14H16N4. The number of nitrogens with two attached hydrogens (primary N) is 1. The van der Waals surface area contributed by atoms with Gasteiger partial charge in [-0.3, -0.25) is 0 Å². The van der Waals surface area contributed by atoms with Crippen LogP contribution in [-0.2, 0) is 19.4 Å². The van der Waals surface area contributed by atoms with Crippen LogP contribution in [0.4, 0.5) is 11.5 Å². The molecule has 3 rings (SSSR count). The molecule has 0 bridgehead atoms. The van der Waals surface area contributed by atoms with Crippen LogP contribution < -0.4 is 11.1 Å². The van der Waals surface area contributed by atoms with Gasteiger partial charge in [0.05, 0.1) is 0 Å². The molecule has 1 heterocycles. The van der Waals surface area contributed by atoms with Crippen LogP contribution in [-0.4, -0.2) is 9.97 Å². The Morgan fingerprint density at radius 3 is 3.06 bits per heavy atom. The number of benzene rings is 1. The van der Waals surface area contributed by atoms with Gasteiger partial charge in [0.2, 0.25) is 0 Å². The largest absolute Gasteiger partial charge is 0.340 e. The molecule has 1 aromatic carbocycles. The molecule has 4 heteroatoms. The van der Waals surface area contributed by atoms with Crippen molar-refractivity contribution in [1.82, 2.24) is 9.97 Å². The highest BCUT2D eigenvalue weighted by Crippen LogP contribution is 2.27. The second-order valence-corrected chi connectivity index (χ2v) is 4.53. The Morgan fingerprint density at radius 2 is 2.17 bits per heavy atom. The molecule has 4 nitrogen and oxygen atoms in total. The Bertz CT molecular complexity index is 565. The summed E-state index contributed by atoms with van der Waals surface area (Å²) in [7, 11) is 0. The normalized spacial score (nSPS) is 13.4. The molecule has 0 saturated carbocycles. The maximum atomic E-state index is 5.65. The number of fused-ring (bicyclic) bond motifs is 1. The number of nitrogens with zero attached hydrogens (tertiary/aromatic N) is 2. The van der Waals surface area contributed by atoms with Gasteiger partial charge < -0.3 is 11.1 Å². The summed E-state index contributed by atoms with van der Waals surface area (Å²) in [5.74, 6) is 0.937. The molecule has 0 aliphatic heterocycles. The molecular weight excluding hydrogens is 224 g/mol. The molecule has 92 valence electrons. The Labute approximate surface area is 106 Å². The van der Waals surface area contributed by atoms with Gasteiger partial charge >= 0.3 is 0 Å². The number of hydrogen-bond donors (Lipinski definition) is 2. The lowest BCUT2D eigenvalue weighted by Gasteiger charge is -2.10. The molecule has 2 aromatic rings. The first-order valence-electron chi connectivity index (χ1n) is 6.25. The number of hydrogen-bond acceptors (Lipinski definition) is 4. The topological polar surface area (TPSA) is 63.8 Å². The monoisotopic (exact) mass is 240 g/mol. The number of nitrogens with one attached hydrogen (secondary N) is 1. The molecule has 18 heavy (non-hydrogen) atoms. The minimum Gasteiger partial charge on any atom is -0.340 e. The predicted octanol–water partition coefficient (Wildman–Crippen LogP) is 2.17. The Morgan fingerprint density at radius 1 is 1.22 bits per heavy atom. The van der Waals surface area contributed by atoms with E-state index >= 15 is 0 Å². The number of aromatic nitrogens is 2. The summed E-state index contributed by atoms with van der Waals surface area (Å²) in [5, 5.41) is 3.37. The van der Waals surface area contributed by atoms with Gasteiger partial charge in [-0.2, -0.15) is 0 Å². The molecule has 1 aromatic heterocycles. The van der Waals surface area contributed by atoms with E-state index in [0.29, 0.717) is 6.54 Å². The van der Waals surface area contributed by atoms with E-state index in [4.69, 9.17) is 5.73 Å². The number of anilines is 2. The Balaban J connectivity index is 1.90. The van der Waals surface area contributed by atoms with E-state index in [1.54, 1.807) is 6.33 Å². The van der Waals surface area contributed by atoms with E-state index in [0.717, 1.165) is 29.9 Å². The lowest BCUT2D eigenvalue weighted by atomic mass is 10.2. The number of aryl methyl sites for hydroxylation is 1. The van der Waals surface area contributed by atoms with Crippen LogP contribution in [0.15, 0.2) is 30.6 Å². The molecule has 0 radical (unpaired) electrons. The van der Waals surface area contributed by atoms with Crippen LogP contribution >= 0.6 is 0 Å². The van der Waals surface area contributed by atoms with E-state index in [9.17, 15) is 0 Å². The van der Waals surface area contributed by atoms with E-state index < -0.39 is 0 Å². The summed E-state index contributed by atoms with van der Waals surface area (Å²) in [5.41, 5.74) is 10.2. The summed E-state index contributed by atoms with van der Waals surface area (Å²) < 4.78 is 0. The van der Waals surface area contributed by atoms with Crippen molar-refractivity contribution in [3.05, 3.63) is 47.4 Å². The summed E-state index contributed by atoms with van der Waals surface area (Å²) in [6, 6.07) is 8.12. The Hall–Kier alpha value is -1.94. The lowest BCUT2D eigenvalue weighted by molar-refractivity contribution is 0.899. The van der Waals surface area contributed by atoms with Gasteiger partial charge in [0.25, 0.3) is 0 Å². The van der Waals surface area contributed by atoms with Gasteiger partial charge in [-0.25, -0.2) is 9.97 Å². The third-order valence-corrected chi connectivity index (χ3v) is 3.30. The number of rotatable bonds is 3. The summed E-state index contributed by atoms with van der Waals surface area (Å²) in [6.45, 7) is 0.553. The first kappa shape index (κ1) is 11.2. The van der Waals surface area contributed by atoms with Crippen molar-refractivity contribution in [3.63, 3.8) is 0 Å². The molecule has 0 unspecified atom stereocenters. The van der Waals surface area contributed by atoms with Gasteiger partial charge in [-0.15, -0.1) is 0 Å². The molecule has 0 fully saturated rings. The first-order valence-corrected chi connectivity index (χ1v) is 6.25. The van der Waals surface area contributed by atoms with Crippen molar-refractivity contribution >= 4 is 11.5 Å². The second-order valence-electron chi connectivity index (χ2n) is 4.53. The highest BCUT2D eigenvalue weighted by Gasteiger charge is 2.16. The third-order valence-electron chi connectivity index (χ3n) is 3.30. The van der Waals surface area contributed by atoms with E-state index in [1.807, 2.05) is 18.2 Å². The zero-order chi connectivity index (χ0) is 12.4. The van der Waals surface area contributed by atoms with Gasteiger partial charge in [-0.05, 0) is 37.0 Å². The van der Waals surface area contributed by atoms with Crippen LogP contribution in [0.25, 0.3) is 0 Å². The van der Waals surface area contributed by atoms with Crippen molar-refractivity contribution in [2.45, 2.75) is 25.8 Å². The fourth-order valence-corrected chi connectivity index (χ4v) is 2.38. The van der Waals surface area contributed by atoms with Crippen molar-refractivity contribution < 1.29 is 0 Å². The lowest BCUT2D eigenvalue weighted by Crippen LogP contribution is -2.02. The zero-order valence-corrected chi connectivity index (χ0v) is 10.2. The highest BCUT2D eigenvalue weighted by molar-refractivity contribution is 5.61. The van der Waals surface area contributed by atoms with Crippen LogP contribution in [0.2, 0.25) is 0 Å². The van der Waals surface area contributed by atoms with Crippen molar-refractivity contribution in [3.8, 4) is 0 Å². The molecule has 3 N–H and O–H groups in total. The van der Waals surface area contributed by atoms with Crippen molar-refractivity contribution in [2.24, 2.45) is 5.73 Å². The second kappa shape index (κ2) is 4.74. The van der Waals surface area contributed by atoms with Crippen molar-refractivity contribution in [1.29, 1.82) is 0 Å². The summed E-state index contributed by atoms with van der Waals surface area (Å²) in [4.78, 5) is 8.67. The molecule has 1 aliphatic carbocycles. The van der Waals surface area contributed by atoms with Crippen molar-refractivity contribution in [2.75, 3.05) is 5.32 Å². The van der Waals surface area contributed by atoms with Gasteiger partial charge in [0.15, 0.2) is 0 Å². The van der Waals surface area contributed by atoms with E-state index in [1.165, 1.54) is 17.7 Å². The minimum atomic E-state index is 0.553. The first-order chi connectivity index (χ1) is 8.86. The van der Waals surface area contributed by atoms with E-state index in [2.05, 4.69) is 21.4 Å². The maximum Gasteiger partial charge on any atom is 0.137 e. The average Bonchev–Trinajstić information content (AvgIpc) is 2.88. The average molecular weight is 240 g/mol. The summed E-state index contributed by atoms with van der Waals surface area (Å²) in [6.07, 6.45) is 4.94. The quantitative estimate of drug-likeness (QED) is 0.863. The maximum absolute atomic E-state index is 5.65. The highest BCUT2D eigenvalue weighted by atomic mass is 15.0. The SMILES string of the molecule is NCc1cccc(Nc2ncnc3c2CCC3)c1. The van der Waals surface area contributed by atoms with Crippen LogP contribution in [0.5, 0.6) is 0 Å². The molecule has 0 saturated heterocycles.